The second-order valence-corrected chi connectivity index (χ2v) is 4.93. The van der Waals surface area contributed by atoms with Gasteiger partial charge in [0.05, 0.1) is 12.7 Å². The Balaban J connectivity index is 0.00000200. The van der Waals surface area contributed by atoms with Crippen molar-refractivity contribution in [3.63, 3.8) is 0 Å². The van der Waals surface area contributed by atoms with Gasteiger partial charge in [0, 0.05) is 18.7 Å². The van der Waals surface area contributed by atoms with Crippen LogP contribution >= 0.6 is 12.4 Å². The molecule has 1 fully saturated rings. The van der Waals surface area contributed by atoms with Crippen molar-refractivity contribution in [1.29, 1.82) is 0 Å². The van der Waals surface area contributed by atoms with Crippen molar-refractivity contribution in [3.8, 4) is 0 Å². The Morgan fingerprint density at radius 1 is 1.25 bits per heavy atom. The summed E-state index contributed by atoms with van der Waals surface area (Å²) in [6.45, 7) is 1.66. The molecule has 1 amide bonds. The third kappa shape index (κ3) is 5.12. The molecule has 0 heterocycles. The van der Waals surface area contributed by atoms with Crippen molar-refractivity contribution in [1.82, 2.24) is 5.32 Å². The average Bonchev–Trinajstić information content (AvgIpc) is 2.96. The number of nitrogens with two attached hydrogens (primary N) is 1. The number of ether oxygens (including phenoxy) is 1. The van der Waals surface area contributed by atoms with E-state index in [1.807, 2.05) is 12.1 Å². The lowest BCUT2D eigenvalue weighted by atomic mass is 10.1. The molecule has 5 heteroatoms. The number of nitrogens with one attached hydrogen (secondary N) is 1. The number of carbonyl (C=O) groups is 1. The molecule has 1 aromatic carbocycles. The third-order valence-corrected chi connectivity index (χ3v) is 3.50. The van der Waals surface area contributed by atoms with Gasteiger partial charge in [-0.3, -0.25) is 4.79 Å². The van der Waals surface area contributed by atoms with E-state index < -0.39 is 0 Å². The molecule has 0 spiro atoms. The molecule has 1 aromatic rings. The number of halogens is 1. The lowest BCUT2D eigenvalue weighted by Crippen LogP contribution is -2.28. The molecule has 0 saturated heterocycles. The predicted octanol–water partition coefficient (Wildman–Crippen LogP) is 2.26. The molecular formula is C15H23ClN2O2. The van der Waals surface area contributed by atoms with Crippen LogP contribution in [0, 0.1) is 0 Å². The first-order valence-corrected chi connectivity index (χ1v) is 6.98. The van der Waals surface area contributed by atoms with Gasteiger partial charge < -0.3 is 15.8 Å². The van der Waals surface area contributed by atoms with Crippen LogP contribution in [0.5, 0.6) is 0 Å². The van der Waals surface area contributed by atoms with Gasteiger partial charge in [-0.05, 0) is 30.5 Å². The van der Waals surface area contributed by atoms with E-state index in [9.17, 15) is 4.79 Å². The largest absolute Gasteiger partial charge is 0.376 e. The molecule has 1 aliphatic rings. The molecule has 0 bridgehead atoms. The summed E-state index contributed by atoms with van der Waals surface area (Å²) in [6.07, 6.45) is 5.26. The summed E-state index contributed by atoms with van der Waals surface area (Å²) in [6, 6.07) is 7.36. The summed E-state index contributed by atoms with van der Waals surface area (Å²) in [7, 11) is 0. The molecular weight excluding hydrogens is 276 g/mol. The van der Waals surface area contributed by atoms with Crippen LogP contribution in [-0.2, 0) is 11.3 Å². The number of hydrogen-bond acceptors (Lipinski definition) is 3. The zero-order valence-electron chi connectivity index (χ0n) is 11.6. The van der Waals surface area contributed by atoms with Gasteiger partial charge in [-0.2, -0.15) is 0 Å². The van der Waals surface area contributed by atoms with Gasteiger partial charge in [-0.15, -0.1) is 12.4 Å². The van der Waals surface area contributed by atoms with Crippen molar-refractivity contribution >= 4 is 18.3 Å². The molecule has 0 unspecified atom stereocenters. The van der Waals surface area contributed by atoms with E-state index in [0.29, 0.717) is 31.4 Å². The standard InChI is InChI=1S/C15H22N2O2.ClH/c16-11-12-5-7-13(8-6-12)15(18)17-9-10-19-14-3-1-2-4-14;/h5-8,14H,1-4,9-11,16H2,(H,17,18);1H. The maximum Gasteiger partial charge on any atom is 0.251 e. The van der Waals surface area contributed by atoms with Crippen LogP contribution in [0.2, 0.25) is 0 Å². The molecule has 3 N–H and O–H groups in total. The molecule has 1 saturated carbocycles. The van der Waals surface area contributed by atoms with E-state index in [1.165, 1.54) is 12.8 Å². The van der Waals surface area contributed by atoms with Gasteiger partial charge in [0.1, 0.15) is 0 Å². The van der Waals surface area contributed by atoms with E-state index in [-0.39, 0.29) is 18.3 Å². The summed E-state index contributed by atoms with van der Waals surface area (Å²) >= 11 is 0. The second kappa shape index (κ2) is 8.95. The topological polar surface area (TPSA) is 64.4 Å². The highest BCUT2D eigenvalue weighted by atomic mass is 35.5. The lowest BCUT2D eigenvalue weighted by molar-refractivity contribution is 0.0582. The highest BCUT2D eigenvalue weighted by Crippen LogP contribution is 2.20. The zero-order chi connectivity index (χ0) is 13.5. The van der Waals surface area contributed by atoms with E-state index in [1.54, 1.807) is 12.1 Å². The van der Waals surface area contributed by atoms with Crippen LogP contribution in [0.15, 0.2) is 24.3 Å². The normalized spacial score (nSPS) is 14.8. The fourth-order valence-corrected chi connectivity index (χ4v) is 2.34. The first kappa shape index (κ1) is 17.0. The number of hydrogen-bond donors (Lipinski definition) is 2. The molecule has 0 radical (unpaired) electrons. The molecule has 0 atom stereocenters. The van der Waals surface area contributed by atoms with Gasteiger partial charge in [0.2, 0.25) is 0 Å². The number of benzene rings is 1. The van der Waals surface area contributed by atoms with Crippen LogP contribution in [-0.4, -0.2) is 25.2 Å². The zero-order valence-corrected chi connectivity index (χ0v) is 12.5. The number of carbonyl (C=O) groups excluding carboxylic acids is 1. The monoisotopic (exact) mass is 298 g/mol. The molecule has 0 aromatic heterocycles. The molecule has 1 aliphatic carbocycles. The van der Waals surface area contributed by atoms with Gasteiger partial charge in [0.25, 0.3) is 5.91 Å². The highest BCUT2D eigenvalue weighted by molar-refractivity contribution is 5.94. The molecule has 112 valence electrons. The van der Waals surface area contributed by atoms with E-state index in [4.69, 9.17) is 10.5 Å². The second-order valence-electron chi connectivity index (χ2n) is 4.93. The van der Waals surface area contributed by atoms with Gasteiger partial charge in [-0.25, -0.2) is 0 Å². The number of amides is 1. The minimum absolute atomic E-state index is 0. The minimum atomic E-state index is -0.0569. The Morgan fingerprint density at radius 3 is 2.50 bits per heavy atom. The maximum atomic E-state index is 11.8. The molecule has 0 aliphatic heterocycles. The van der Waals surface area contributed by atoms with Crippen molar-refractivity contribution in [3.05, 3.63) is 35.4 Å². The fourth-order valence-electron chi connectivity index (χ4n) is 2.34. The molecule has 20 heavy (non-hydrogen) atoms. The Bertz CT molecular complexity index is 403. The Morgan fingerprint density at radius 2 is 1.90 bits per heavy atom. The van der Waals surface area contributed by atoms with Crippen LogP contribution in [0.25, 0.3) is 0 Å². The summed E-state index contributed by atoms with van der Waals surface area (Å²) in [5, 5.41) is 2.87. The van der Waals surface area contributed by atoms with Gasteiger partial charge in [0.15, 0.2) is 0 Å². The van der Waals surface area contributed by atoms with Crippen LogP contribution in [0.4, 0.5) is 0 Å². The quantitative estimate of drug-likeness (QED) is 0.792. The summed E-state index contributed by atoms with van der Waals surface area (Å²) in [5.41, 5.74) is 7.21. The number of rotatable bonds is 6. The molecule has 4 nitrogen and oxygen atoms in total. The Labute approximate surface area is 126 Å². The first-order chi connectivity index (χ1) is 9.29. The van der Waals surface area contributed by atoms with Crippen LogP contribution in [0.1, 0.15) is 41.6 Å². The Hall–Kier alpha value is -1.10. The van der Waals surface area contributed by atoms with Crippen molar-refractivity contribution in [2.24, 2.45) is 5.73 Å². The van der Waals surface area contributed by atoms with Gasteiger partial charge in [-0.1, -0.05) is 25.0 Å². The maximum absolute atomic E-state index is 11.8. The Kier molecular flexibility index (Phi) is 7.59. The van der Waals surface area contributed by atoms with Crippen molar-refractivity contribution in [2.75, 3.05) is 13.2 Å². The highest BCUT2D eigenvalue weighted by Gasteiger charge is 2.14. The van der Waals surface area contributed by atoms with Crippen molar-refractivity contribution < 1.29 is 9.53 Å². The van der Waals surface area contributed by atoms with E-state index >= 15 is 0 Å². The van der Waals surface area contributed by atoms with Gasteiger partial charge >= 0.3 is 0 Å². The smallest absolute Gasteiger partial charge is 0.251 e. The molecule has 2 rings (SSSR count). The predicted molar refractivity (Wildman–Crippen MR) is 82.1 cm³/mol. The summed E-state index contributed by atoms with van der Waals surface area (Å²) < 4.78 is 5.69. The third-order valence-electron chi connectivity index (χ3n) is 3.50. The SMILES string of the molecule is Cl.NCc1ccc(C(=O)NCCOC2CCCC2)cc1. The fraction of sp³-hybridized carbons (Fsp3) is 0.533. The van der Waals surface area contributed by atoms with Crippen molar-refractivity contribution in [2.45, 2.75) is 38.3 Å². The summed E-state index contributed by atoms with van der Waals surface area (Å²) in [4.78, 5) is 11.8. The first-order valence-electron chi connectivity index (χ1n) is 6.98. The average molecular weight is 299 g/mol. The van der Waals surface area contributed by atoms with Crippen LogP contribution in [0.3, 0.4) is 0 Å². The minimum Gasteiger partial charge on any atom is -0.376 e. The van der Waals surface area contributed by atoms with E-state index in [0.717, 1.165) is 18.4 Å². The van der Waals surface area contributed by atoms with E-state index in [2.05, 4.69) is 5.32 Å². The lowest BCUT2D eigenvalue weighted by Gasteiger charge is -2.11. The summed E-state index contributed by atoms with van der Waals surface area (Å²) in [5.74, 6) is -0.0569. The van der Waals surface area contributed by atoms with Crippen LogP contribution < -0.4 is 11.1 Å².